The third-order valence-corrected chi connectivity index (χ3v) is 5.22. The molecule has 5 heteroatoms. The Morgan fingerprint density at radius 2 is 1.53 bits per heavy atom. The molecule has 5 aromatic rings. The molecule has 0 aliphatic rings. The second kappa shape index (κ2) is 7.12. The first-order valence-corrected chi connectivity index (χ1v) is 9.82. The summed E-state index contributed by atoms with van der Waals surface area (Å²) in [5, 5.41) is 7.87. The fraction of sp³-hybridized carbons (Fsp3) is 0.0800. The van der Waals surface area contributed by atoms with Crippen molar-refractivity contribution in [1.29, 1.82) is 0 Å². The Labute approximate surface area is 173 Å². The summed E-state index contributed by atoms with van der Waals surface area (Å²) < 4.78 is 1.68. The van der Waals surface area contributed by atoms with Crippen LogP contribution in [0.25, 0.3) is 39.4 Å². The quantitative estimate of drug-likeness (QED) is 0.467. The van der Waals surface area contributed by atoms with Crippen molar-refractivity contribution in [2.45, 2.75) is 13.8 Å². The number of nitrogens with zero attached hydrogens (tertiary/aromatic N) is 3. The molecule has 0 saturated carbocycles. The maximum atomic E-state index is 13.8. The van der Waals surface area contributed by atoms with Gasteiger partial charge < -0.3 is 0 Å². The molecule has 2 heterocycles. The minimum atomic E-state index is -0.145. The van der Waals surface area contributed by atoms with Crippen LogP contribution >= 0.6 is 0 Å². The van der Waals surface area contributed by atoms with Crippen LogP contribution in [-0.2, 0) is 0 Å². The van der Waals surface area contributed by atoms with E-state index in [0.29, 0.717) is 22.6 Å². The van der Waals surface area contributed by atoms with Crippen LogP contribution in [0.3, 0.4) is 0 Å². The average Bonchev–Trinajstić information content (AvgIpc) is 3.20. The maximum Gasteiger partial charge on any atom is 0.270 e. The molecule has 0 amide bonds. The molecule has 0 radical (unpaired) electrons. The van der Waals surface area contributed by atoms with Crippen LogP contribution in [0.4, 0.5) is 0 Å². The number of rotatable bonds is 3. The van der Waals surface area contributed by atoms with Crippen LogP contribution in [0.5, 0.6) is 0 Å². The van der Waals surface area contributed by atoms with E-state index < -0.39 is 0 Å². The summed E-state index contributed by atoms with van der Waals surface area (Å²) in [6.45, 7) is 4.05. The van der Waals surface area contributed by atoms with Gasteiger partial charge in [-0.15, -0.1) is 0 Å². The molecule has 0 bridgehead atoms. The Hall–Kier alpha value is -3.99. The zero-order chi connectivity index (χ0) is 20.7. The van der Waals surface area contributed by atoms with E-state index in [1.165, 1.54) is 0 Å². The zero-order valence-corrected chi connectivity index (χ0v) is 16.8. The van der Waals surface area contributed by atoms with E-state index in [2.05, 4.69) is 10.2 Å². The Morgan fingerprint density at radius 1 is 0.800 bits per heavy atom. The molecule has 2 aromatic heterocycles. The van der Waals surface area contributed by atoms with Gasteiger partial charge >= 0.3 is 0 Å². The Balaban J connectivity index is 1.87. The molecule has 1 N–H and O–H groups in total. The highest BCUT2D eigenvalue weighted by atomic mass is 16.1. The first-order chi connectivity index (χ1) is 14.6. The number of hydrogen-bond donors (Lipinski definition) is 1. The molecule has 3 aromatic carbocycles. The van der Waals surface area contributed by atoms with E-state index in [1.54, 1.807) is 4.57 Å². The van der Waals surface area contributed by atoms with Crippen LogP contribution in [-0.4, -0.2) is 19.7 Å². The second-order valence-corrected chi connectivity index (χ2v) is 7.44. The third kappa shape index (κ3) is 3.01. The molecular formula is C25H20N4O. The first-order valence-electron chi connectivity index (χ1n) is 9.82. The number of fused-ring (bicyclic) bond motifs is 1. The van der Waals surface area contributed by atoms with Crippen molar-refractivity contribution in [2.75, 3.05) is 0 Å². The summed E-state index contributed by atoms with van der Waals surface area (Å²) >= 11 is 0. The van der Waals surface area contributed by atoms with Gasteiger partial charge in [-0.1, -0.05) is 71.8 Å². The lowest BCUT2D eigenvalue weighted by atomic mass is 10.1. The number of aromatic amines is 1. The minimum absolute atomic E-state index is 0.145. The smallest absolute Gasteiger partial charge is 0.270 e. The second-order valence-electron chi connectivity index (χ2n) is 7.44. The van der Waals surface area contributed by atoms with E-state index in [1.807, 2.05) is 92.7 Å². The third-order valence-electron chi connectivity index (χ3n) is 5.22. The molecule has 0 aliphatic carbocycles. The number of aryl methyl sites for hydroxylation is 2. The van der Waals surface area contributed by atoms with Crippen LogP contribution < -0.4 is 5.56 Å². The largest absolute Gasteiger partial charge is 0.275 e. The molecule has 5 rings (SSSR count). The van der Waals surface area contributed by atoms with E-state index in [-0.39, 0.29) is 5.56 Å². The SMILES string of the molecule is Cc1ccc(-n2c(-c3cccc(C)c3)nc3n[nH]c(-c4ccccc4)c3c2=O)cc1. The van der Waals surface area contributed by atoms with Crippen molar-refractivity contribution in [3.63, 3.8) is 0 Å². The van der Waals surface area contributed by atoms with Crippen molar-refractivity contribution < 1.29 is 0 Å². The predicted molar refractivity (Wildman–Crippen MR) is 120 cm³/mol. The zero-order valence-electron chi connectivity index (χ0n) is 16.8. The van der Waals surface area contributed by atoms with Crippen LogP contribution in [0.15, 0.2) is 83.7 Å². The molecule has 0 fully saturated rings. The molecule has 0 spiro atoms. The Bertz CT molecular complexity index is 1410. The van der Waals surface area contributed by atoms with Crippen LogP contribution in [0.1, 0.15) is 11.1 Å². The number of benzene rings is 3. The standard InChI is InChI=1S/C25H20N4O/c1-16-11-13-20(14-12-16)29-24(19-10-6-7-17(2)15-19)26-23-21(25(29)30)22(27-28-23)18-8-4-3-5-9-18/h3-15H,1-2H3,(H,27,28). The molecule has 146 valence electrons. The molecule has 0 atom stereocenters. The summed E-state index contributed by atoms with van der Waals surface area (Å²) in [4.78, 5) is 18.6. The van der Waals surface area contributed by atoms with E-state index >= 15 is 0 Å². The van der Waals surface area contributed by atoms with Crippen LogP contribution in [0.2, 0.25) is 0 Å². The fourth-order valence-corrected chi connectivity index (χ4v) is 3.70. The van der Waals surface area contributed by atoms with Gasteiger partial charge in [0.15, 0.2) is 5.65 Å². The van der Waals surface area contributed by atoms with E-state index in [4.69, 9.17) is 4.98 Å². The molecule has 5 nitrogen and oxygen atoms in total. The summed E-state index contributed by atoms with van der Waals surface area (Å²) in [5.41, 5.74) is 5.73. The minimum Gasteiger partial charge on any atom is -0.275 e. The maximum absolute atomic E-state index is 13.8. The van der Waals surface area contributed by atoms with Crippen molar-refractivity contribution in [3.8, 4) is 28.3 Å². The van der Waals surface area contributed by atoms with Gasteiger partial charge in [-0.2, -0.15) is 5.10 Å². The van der Waals surface area contributed by atoms with Crippen LogP contribution in [0, 0.1) is 13.8 Å². The number of hydrogen-bond acceptors (Lipinski definition) is 3. The van der Waals surface area contributed by atoms with Gasteiger partial charge in [0.05, 0.1) is 11.4 Å². The van der Waals surface area contributed by atoms with Crippen molar-refractivity contribution in [3.05, 3.63) is 100 Å². The summed E-state index contributed by atoms with van der Waals surface area (Å²) in [5.74, 6) is 0.575. The molecule has 0 aliphatic heterocycles. The topological polar surface area (TPSA) is 63.6 Å². The van der Waals surface area contributed by atoms with Gasteiger partial charge in [-0.25, -0.2) is 4.98 Å². The normalized spacial score (nSPS) is 11.1. The van der Waals surface area contributed by atoms with E-state index in [9.17, 15) is 4.79 Å². The van der Waals surface area contributed by atoms with E-state index in [0.717, 1.165) is 27.9 Å². The number of nitrogens with one attached hydrogen (secondary N) is 1. The summed E-state index contributed by atoms with van der Waals surface area (Å²) in [6.07, 6.45) is 0. The van der Waals surface area contributed by atoms with Gasteiger partial charge in [-0.05, 0) is 32.0 Å². The average molecular weight is 392 g/mol. The highest BCUT2D eigenvalue weighted by molar-refractivity contribution is 5.91. The highest BCUT2D eigenvalue weighted by Gasteiger charge is 2.20. The van der Waals surface area contributed by atoms with Gasteiger partial charge in [-0.3, -0.25) is 14.5 Å². The summed E-state index contributed by atoms with van der Waals surface area (Å²) in [7, 11) is 0. The van der Waals surface area contributed by atoms with Gasteiger partial charge in [0.1, 0.15) is 11.2 Å². The Kier molecular flexibility index (Phi) is 4.29. The molecule has 0 saturated heterocycles. The van der Waals surface area contributed by atoms with Crippen molar-refractivity contribution >= 4 is 11.0 Å². The van der Waals surface area contributed by atoms with Crippen molar-refractivity contribution in [2.24, 2.45) is 0 Å². The van der Waals surface area contributed by atoms with Gasteiger partial charge in [0.25, 0.3) is 5.56 Å². The monoisotopic (exact) mass is 392 g/mol. The first kappa shape index (κ1) is 18.1. The molecule has 30 heavy (non-hydrogen) atoms. The van der Waals surface area contributed by atoms with Gasteiger partial charge in [0.2, 0.25) is 0 Å². The number of H-pyrrole nitrogens is 1. The highest BCUT2D eigenvalue weighted by Crippen LogP contribution is 2.27. The fourth-order valence-electron chi connectivity index (χ4n) is 3.70. The number of aromatic nitrogens is 4. The Morgan fingerprint density at radius 3 is 2.27 bits per heavy atom. The lowest BCUT2D eigenvalue weighted by Gasteiger charge is -2.13. The summed E-state index contributed by atoms with van der Waals surface area (Å²) in [6, 6.07) is 25.6. The molecule has 0 unspecified atom stereocenters. The van der Waals surface area contributed by atoms with Gasteiger partial charge in [0, 0.05) is 11.1 Å². The predicted octanol–water partition coefficient (Wildman–Crippen LogP) is 5.06. The lowest BCUT2D eigenvalue weighted by Crippen LogP contribution is -2.22. The lowest BCUT2D eigenvalue weighted by molar-refractivity contribution is 0.969. The molecular weight excluding hydrogens is 372 g/mol. The van der Waals surface area contributed by atoms with Crippen molar-refractivity contribution in [1.82, 2.24) is 19.7 Å².